The summed E-state index contributed by atoms with van der Waals surface area (Å²) in [5, 5.41) is 5.32. The van der Waals surface area contributed by atoms with Crippen LogP contribution in [0.4, 0.5) is 0 Å². The number of halogens is 1. The lowest BCUT2D eigenvalue weighted by atomic mass is 10.1. The Morgan fingerprint density at radius 3 is 2.76 bits per heavy atom. The van der Waals surface area contributed by atoms with Crippen molar-refractivity contribution in [2.24, 2.45) is 0 Å². The molecular weight excluding hydrogens is 346 g/mol. The summed E-state index contributed by atoms with van der Waals surface area (Å²) in [4.78, 5) is 4.62. The summed E-state index contributed by atoms with van der Waals surface area (Å²) in [6.45, 7) is 0. The molecule has 4 aromatic rings. The van der Waals surface area contributed by atoms with Gasteiger partial charge < -0.3 is 0 Å². The molecule has 0 amide bonds. The zero-order chi connectivity index (χ0) is 14.2. The fraction of sp³-hybridized carbons (Fsp3) is 0. The van der Waals surface area contributed by atoms with Gasteiger partial charge >= 0.3 is 0 Å². The lowest BCUT2D eigenvalue weighted by Gasteiger charge is -1.97. The van der Waals surface area contributed by atoms with Crippen molar-refractivity contribution in [2.75, 3.05) is 0 Å². The van der Waals surface area contributed by atoms with Crippen LogP contribution < -0.4 is 0 Å². The Balaban J connectivity index is 1.77. The number of fused-ring (bicyclic) bond motifs is 1. The van der Waals surface area contributed by atoms with Crippen molar-refractivity contribution in [1.29, 1.82) is 0 Å². The number of rotatable bonds is 2. The van der Waals surface area contributed by atoms with Gasteiger partial charge in [0.05, 0.1) is 16.4 Å². The monoisotopic (exact) mass is 355 g/mol. The van der Waals surface area contributed by atoms with Crippen molar-refractivity contribution in [2.45, 2.75) is 0 Å². The second kappa shape index (κ2) is 5.09. The predicted octanol–water partition coefficient (Wildman–Crippen LogP) is 4.91. The molecule has 0 aliphatic carbocycles. The summed E-state index contributed by atoms with van der Waals surface area (Å²) in [6, 6.07) is 16.3. The SMILES string of the molecule is Brc1cccc(-c2cnn(-c3nc4ccccc4s3)c2)c1. The fourth-order valence-electron chi connectivity index (χ4n) is 2.20. The molecule has 21 heavy (non-hydrogen) atoms. The van der Waals surface area contributed by atoms with E-state index in [1.165, 1.54) is 4.70 Å². The van der Waals surface area contributed by atoms with Crippen LogP contribution in [0.15, 0.2) is 65.4 Å². The van der Waals surface area contributed by atoms with Crippen LogP contribution in [-0.4, -0.2) is 14.8 Å². The molecule has 0 bridgehead atoms. The highest BCUT2D eigenvalue weighted by atomic mass is 79.9. The molecule has 0 spiro atoms. The summed E-state index contributed by atoms with van der Waals surface area (Å²) in [7, 11) is 0. The predicted molar refractivity (Wildman–Crippen MR) is 89.9 cm³/mol. The quantitative estimate of drug-likeness (QED) is 0.511. The molecule has 3 nitrogen and oxygen atoms in total. The van der Waals surface area contributed by atoms with Crippen LogP contribution in [-0.2, 0) is 0 Å². The van der Waals surface area contributed by atoms with Crippen molar-refractivity contribution in [3.05, 3.63) is 65.4 Å². The van der Waals surface area contributed by atoms with E-state index in [4.69, 9.17) is 0 Å². The van der Waals surface area contributed by atoms with Crippen molar-refractivity contribution >= 4 is 37.5 Å². The van der Waals surface area contributed by atoms with Gasteiger partial charge in [-0.3, -0.25) is 0 Å². The molecule has 0 N–H and O–H groups in total. The first kappa shape index (κ1) is 12.7. The molecular formula is C16H10BrN3S. The van der Waals surface area contributed by atoms with Crippen molar-refractivity contribution < 1.29 is 0 Å². The Kier molecular flexibility index (Phi) is 3.09. The average Bonchev–Trinajstić information content (AvgIpc) is 3.14. The van der Waals surface area contributed by atoms with Gasteiger partial charge in [-0.1, -0.05) is 51.5 Å². The van der Waals surface area contributed by atoms with E-state index >= 15 is 0 Å². The van der Waals surface area contributed by atoms with Gasteiger partial charge in [-0.15, -0.1) is 0 Å². The summed E-state index contributed by atoms with van der Waals surface area (Å²) in [5.41, 5.74) is 3.23. The van der Waals surface area contributed by atoms with E-state index in [0.717, 1.165) is 26.2 Å². The van der Waals surface area contributed by atoms with Crippen LogP contribution in [0.3, 0.4) is 0 Å². The summed E-state index contributed by atoms with van der Waals surface area (Å²) < 4.78 is 4.07. The first-order valence-electron chi connectivity index (χ1n) is 6.46. The highest BCUT2D eigenvalue weighted by Gasteiger charge is 2.08. The molecule has 0 aliphatic rings. The van der Waals surface area contributed by atoms with Gasteiger partial charge in [0.1, 0.15) is 0 Å². The van der Waals surface area contributed by atoms with E-state index in [2.05, 4.69) is 44.2 Å². The largest absolute Gasteiger partial charge is 0.218 e. The Hall–Kier alpha value is -1.98. The minimum Gasteiger partial charge on any atom is -0.218 e. The maximum atomic E-state index is 4.62. The smallest absolute Gasteiger partial charge is 0.211 e. The number of para-hydroxylation sites is 1. The van der Waals surface area contributed by atoms with Crippen LogP contribution in [0.5, 0.6) is 0 Å². The third-order valence-corrected chi connectivity index (χ3v) is 4.74. The number of aromatic nitrogens is 3. The molecule has 2 aromatic heterocycles. The van der Waals surface area contributed by atoms with E-state index < -0.39 is 0 Å². The number of nitrogens with zero attached hydrogens (tertiary/aromatic N) is 3. The number of thiazole rings is 1. The molecule has 0 saturated carbocycles. The van der Waals surface area contributed by atoms with Crippen molar-refractivity contribution in [3.8, 4) is 16.3 Å². The van der Waals surface area contributed by atoms with Crippen LogP contribution >= 0.6 is 27.3 Å². The summed E-state index contributed by atoms with van der Waals surface area (Å²) >= 11 is 5.14. The third kappa shape index (κ3) is 2.39. The first-order valence-corrected chi connectivity index (χ1v) is 8.07. The van der Waals surface area contributed by atoms with Gasteiger partial charge in [0.15, 0.2) is 0 Å². The molecule has 0 fully saturated rings. The summed E-state index contributed by atoms with van der Waals surface area (Å²) in [6.07, 6.45) is 3.88. The topological polar surface area (TPSA) is 30.7 Å². The maximum absolute atomic E-state index is 4.62. The Morgan fingerprint density at radius 2 is 1.90 bits per heavy atom. The van der Waals surface area contributed by atoms with Crippen LogP contribution in [0.25, 0.3) is 26.5 Å². The molecule has 0 aliphatic heterocycles. The van der Waals surface area contributed by atoms with Crippen molar-refractivity contribution in [3.63, 3.8) is 0 Å². The minimum atomic E-state index is 0.887. The van der Waals surface area contributed by atoms with Gasteiger partial charge in [-0.25, -0.2) is 9.67 Å². The van der Waals surface area contributed by atoms with E-state index in [9.17, 15) is 0 Å². The van der Waals surface area contributed by atoms with E-state index in [0.29, 0.717) is 0 Å². The van der Waals surface area contributed by atoms with E-state index in [1.807, 2.05) is 47.4 Å². The van der Waals surface area contributed by atoms with Gasteiger partial charge in [0.2, 0.25) is 5.13 Å². The number of hydrogen-bond acceptors (Lipinski definition) is 3. The zero-order valence-electron chi connectivity index (χ0n) is 10.9. The van der Waals surface area contributed by atoms with Crippen molar-refractivity contribution in [1.82, 2.24) is 14.8 Å². The summed E-state index contributed by atoms with van der Waals surface area (Å²) in [5.74, 6) is 0. The van der Waals surface area contributed by atoms with Crippen LogP contribution in [0.1, 0.15) is 0 Å². The zero-order valence-corrected chi connectivity index (χ0v) is 13.3. The lowest BCUT2D eigenvalue weighted by molar-refractivity contribution is 0.873. The van der Waals surface area contributed by atoms with Crippen LogP contribution in [0, 0.1) is 0 Å². The standard InChI is InChI=1S/C16H10BrN3S/c17-13-5-3-4-11(8-13)12-9-18-20(10-12)16-19-14-6-1-2-7-15(14)21-16/h1-10H. The second-order valence-corrected chi connectivity index (χ2v) is 6.57. The molecule has 0 saturated heterocycles. The molecule has 2 heterocycles. The van der Waals surface area contributed by atoms with E-state index in [-0.39, 0.29) is 0 Å². The Labute approximate surface area is 134 Å². The average molecular weight is 356 g/mol. The molecule has 5 heteroatoms. The normalized spacial score (nSPS) is 11.1. The number of benzene rings is 2. The van der Waals surface area contributed by atoms with Crippen LogP contribution in [0.2, 0.25) is 0 Å². The number of hydrogen-bond donors (Lipinski definition) is 0. The van der Waals surface area contributed by atoms with Gasteiger partial charge in [0, 0.05) is 16.2 Å². The third-order valence-electron chi connectivity index (χ3n) is 3.22. The van der Waals surface area contributed by atoms with Gasteiger partial charge in [-0.05, 0) is 29.8 Å². The molecule has 0 unspecified atom stereocenters. The fourth-order valence-corrected chi connectivity index (χ4v) is 3.50. The minimum absolute atomic E-state index is 0.887. The second-order valence-electron chi connectivity index (χ2n) is 4.65. The highest BCUT2D eigenvalue weighted by Crippen LogP contribution is 2.27. The Morgan fingerprint density at radius 1 is 1.00 bits per heavy atom. The first-order chi connectivity index (χ1) is 10.3. The molecule has 102 valence electrons. The molecule has 0 atom stereocenters. The highest BCUT2D eigenvalue weighted by molar-refractivity contribution is 9.10. The molecule has 4 rings (SSSR count). The Bertz CT molecular complexity index is 893. The van der Waals surface area contributed by atoms with E-state index in [1.54, 1.807) is 11.3 Å². The van der Waals surface area contributed by atoms with Gasteiger partial charge in [0.25, 0.3) is 0 Å². The van der Waals surface area contributed by atoms with Gasteiger partial charge in [-0.2, -0.15) is 5.10 Å². The maximum Gasteiger partial charge on any atom is 0.211 e. The molecule has 2 aromatic carbocycles. The molecule has 0 radical (unpaired) electrons. The lowest BCUT2D eigenvalue weighted by Crippen LogP contribution is -1.91.